The molecule has 1 aromatic heterocycles. The summed E-state index contributed by atoms with van der Waals surface area (Å²) in [5.41, 5.74) is -1.10. The van der Waals surface area contributed by atoms with Crippen LogP contribution in [0.2, 0.25) is 13.1 Å². The van der Waals surface area contributed by atoms with Gasteiger partial charge in [0.2, 0.25) is 0 Å². The van der Waals surface area contributed by atoms with Gasteiger partial charge < -0.3 is 18.9 Å². The minimum Gasteiger partial charge on any atom is -0.435 e. The molecule has 174 valence electrons. The Hall–Kier alpha value is -2.17. The molecule has 1 aromatic rings. The van der Waals surface area contributed by atoms with Gasteiger partial charge >= 0.3 is 11.8 Å². The van der Waals surface area contributed by atoms with Crippen molar-refractivity contribution in [1.82, 2.24) is 9.55 Å². The third-order valence-electron chi connectivity index (χ3n) is 5.19. The fraction of sp³-hybridized carbons (Fsp3) is 0.667. The number of carbonyl (C=O) groups is 1. The molecule has 1 fully saturated rings. The average Bonchev–Trinajstić information content (AvgIpc) is 3.01. The first-order chi connectivity index (χ1) is 14.3. The summed E-state index contributed by atoms with van der Waals surface area (Å²) in [6.45, 7) is 17.1. The molecule has 1 unspecified atom stereocenters. The van der Waals surface area contributed by atoms with E-state index in [1.165, 1.54) is 16.8 Å². The first-order valence-electron chi connectivity index (χ1n) is 10.5. The molecule has 1 aliphatic heterocycles. The number of rotatable bonds is 7. The van der Waals surface area contributed by atoms with Crippen LogP contribution in [0.25, 0.3) is 0 Å². The molecule has 1 aliphatic rings. The molecule has 0 aliphatic carbocycles. The van der Waals surface area contributed by atoms with Crippen molar-refractivity contribution in [3.8, 4) is 0 Å². The second-order valence-electron chi connectivity index (χ2n) is 9.00. The number of aromatic amines is 1. The van der Waals surface area contributed by atoms with Gasteiger partial charge in [-0.3, -0.25) is 14.3 Å². The molecule has 10 heteroatoms. The van der Waals surface area contributed by atoms with Gasteiger partial charge in [0, 0.05) is 18.2 Å². The van der Waals surface area contributed by atoms with Crippen LogP contribution in [0.15, 0.2) is 28.4 Å². The van der Waals surface area contributed by atoms with Crippen molar-refractivity contribution in [1.29, 1.82) is 0 Å². The SMILES string of the molecule is C=CC(OC(=O)OCC)[C@H]1O[C@](n2cc(C)c(=O)[nH]c2=O)([SiH](C)C)C[C@@H]1OC(C)(C)C. The lowest BCUT2D eigenvalue weighted by molar-refractivity contribution is -0.132. The van der Waals surface area contributed by atoms with Crippen LogP contribution in [0, 0.1) is 6.92 Å². The maximum atomic E-state index is 12.8. The molecule has 0 bridgehead atoms. The Kier molecular flexibility index (Phi) is 7.72. The summed E-state index contributed by atoms with van der Waals surface area (Å²) in [4.78, 5) is 39.0. The number of aromatic nitrogens is 2. The third kappa shape index (κ3) is 5.55. The second-order valence-corrected chi connectivity index (χ2v) is 12.2. The molecule has 0 saturated carbocycles. The van der Waals surface area contributed by atoms with E-state index in [4.69, 9.17) is 18.9 Å². The zero-order valence-electron chi connectivity index (χ0n) is 19.4. The molecule has 9 nitrogen and oxygen atoms in total. The molecular weight excluding hydrogens is 420 g/mol. The molecule has 0 spiro atoms. The molecule has 2 heterocycles. The number of nitrogens with zero attached hydrogens (tertiary/aromatic N) is 1. The summed E-state index contributed by atoms with van der Waals surface area (Å²) in [7, 11) is -1.76. The quantitative estimate of drug-likeness (QED) is 0.382. The molecule has 0 amide bonds. The lowest BCUT2D eigenvalue weighted by Gasteiger charge is -2.35. The van der Waals surface area contributed by atoms with E-state index < -0.39 is 55.5 Å². The summed E-state index contributed by atoms with van der Waals surface area (Å²) in [5, 5.41) is -0.994. The Bertz CT molecular complexity index is 918. The normalized spacial score (nSPS) is 24.8. The van der Waals surface area contributed by atoms with Gasteiger partial charge in [0.25, 0.3) is 5.56 Å². The number of hydrogen-bond donors (Lipinski definition) is 1. The molecule has 0 aromatic carbocycles. The predicted octanol–water partition coefficient (Wildman–Crippen LogP) is 2.22. The van der Waals surface area contributed by atoms with Gasteiger partial charge in [-0.25, -0.2) is 9.59 Å². The molecule has 2 rings (SSSR count). The summed E-state index contributed by atoms with van der Waals surface area (Å²) < 4.78 is 24.6. The maximum absolute atomic E-state index is 12.8. The van der Waals surface area contributed by atoms with Gasteiger partial charge in [0.05, 0.1) is 27.1 Å². The van der Waals surface area contributed by atoms with Gasteiger partial charge in [0.1, 0.15) is 11.5 Å². The Morgan fingerprint density at radius 2 is 2.10 bits per heavy atom. The van der Waals surface area contributed by atoms with Crippen molar-refractivity contribution < 1.29 is 23.7 Å². The highest BCUT2D eigenvalue weighted by atomic mass is 28.3. The van der Waals surface area contributed by atoms with Crippen LogP contribution in [0.5, 0.6) is 0 Å². The van der Waals surface area contributed by atoms with Gasteiger partial charge in [-0.2, -0.15) is 0 Å². The van der Waals surface area contributed by atoms with Crippen molar-refractivity contribution >= 4 is 15.0 Å². The van der Waals surface area contributed by atoms with Gasteiger partial charge in [0.15, 0.2) is 6.10 Å². The largest absolute Gasteiger partial charge is 0.508 e. The zero-order chi connectivity index (χ0) is 23.6. The topological polar surface area (TPSA) is 109 Å². The highest BCUT2D eigenvalue weighted by Gasteiger charge is 2.54. The van der Waals surface area contributed by atoms with E-state index in [9.17, 15) is 14.4 Å². The van der Waals surface area contributed by atoms with Crippen LogP contribution in [0.1, 0.15) is 39.7 Å². The van der Waals surface area contributed by atoms with Gasteiger partial charge in [-0.05, 0) is 40.7 Å². The monoisotopic (exact) mass is 454 g/mol. The Morgan fingerprint density at radius 3 is 2.61 bits per heavy atom. The minimum atomic E-state index is -1.76. The van der Waals surface area contributed by atoms with E-state index >= 15 is 0 Å². The zero-order valence-corrected chi connectivity index (χ0v) is 20.5. The van der Waals surface area contributed by atoms with E-state index in [2.05, 4.69) is 24.7 Å². The van der Waals surface area contributed by atoms with Crippen molar-refractivity contribution in [3.63, 3.8) is 0 Å². The van der Waals surface area contributed by atoms with Crippen molar-refractivity contribution in [2.75, 3.05) is 6.61 Å². The number of hydrogen-bond acceptors (Lipinski definition) is 7. The van der Waals surface area contributed by atoms with E-state index in [1.807, 2.05) is 20.8 Å². The summed E-state index contributed by atoms with van der Waals surface area (Å²) in [6.07, 6.45) is 0.476. The first kappa shape index (κ1) is 25.1. The fourth-order valence-corrected chi connectivity index (χ4v) is 5.65. The number of H-pyrrole nitrogens is 1. The van der Waals surface area contributed by atoms with Crippen LogP contribution in [-0.4, -0.2) is 55.0 Å². The lowest BCUT2D eigenvalue weighted by atomic mass is 10.1. The fourth-order valence-electron chi connectivity index (χ4n) is 3.77. The standard InChI is InChI=1S/C21H34N2O7Si/c1-9-14(28-19(26)27-10-2)16-15(29-20(4,5)6)11-21(30-16,31(7)8)23-12-13(3)17(24)22-18(23)25/h9,12,14-16,31H,1,10-11H2,2-8H3,(H,22,24,25)/t14?,15-,16+,21-/m0/s1. The number of aryl methyl sites for hydroxylation is 1. The number of ether oxygens (including phenoxy) is 4. The lowest BCUT2D eigenvalue weighted by Crippen LogP contribution is -2.52. The molecular formula is C21H34N2O7Si. The van der Waals surface area contributed by atoms with Crippen molar-refractivity contribution in [3.05, 3.63) is 45.3 Å². The Balaban J connectivity index is 2.56. The van der Waals surface area contributed by atoms with Gasteiger partial charge in [-0.15, -0.1) is 0 Å². The molecule has 31 heavy (non-hydrogen) atoms. The predicted molar refractivity (Wildman–Crippen MR) is 119 cm³/mol. The van der Waals surface area contributed by atoms with E-state index in [0.717, 1.165) is 0 Å². The summed E-state index contributed by atoms with van der Waals surface area (Å²) in [6, 6.07) is 0. The van der Waals surface area contributed by atoms with E-state index in [0.29, 0.717) is 12.0 Å². The highest BCUT2D eigenvalue weighted by molar-refractivity contribution is 6.58. The van der Waals surface area contributed by atoms with Crippen LogP contribution >= 0.6 is 0 Å². The Morgan fingerprint density at radius 1 is 1.45 bits per heavy atom. The van der Waals surface area contributed by atoms with Crippen molar-refractivity contribution in [2.24, 2.45) is 0 Å². The van der Waals surface area contributed by atoms with Crippen LogP contribution in [0.3, 0.4) is 0 Å². The molecule has 1 N–H and O–H groups in total. The molecule has 0 radical (unpaired) electrons. The van der Waals surface area contributed by atoms with E-state index in [1.54, 1.807) is 13.8 Å². The Labute approximate surface area is 184 Å². The highest BCUT2D eigenvalue weighted by Crippen LogP contribution is 2.41. The number of nitrogens with one attached hydrogen (secondary N) is 1. The maximum Gasteiger partial charge on any atom is 0.508 e. The first-order valence-corrected chi connectivity index (χ1v) is 13.4. The van der Waals surface area contributed by atoms with Crippen molar-refractivity contribution in [2.45, 2.75) is 83.4 Å². The summed E-state index contributed by atoms with van der Waals surface area (Å²) >= 11 is 0. The smallest absolute Gasteiger partial charge is 0.435 e. The second kappa shape index (κ2) is 9.54. The minimum absolute atomic E-state index is 0.172. The molecule has 1 saturated heterocycles. The number of carbonyl (C=O) groups excluding carboxylic acids is 1. The van der Waals surface area contributed by atoms with Gasteiger partial charge in [-0.1, -0.05) is 19.7 Å². The average molecular weight is 455 g/mol. The van der Waals surface area contributed by atoms with E-state index in [-0.39, 0.29) is 6.61 Å². The van der Waals surface area contributed by atoms with Crippen LogP contribution < -0.4 is 11.2 Å². The molecule has 4 atom stereocenters. The summed E-state index contributed by atoms with van der Waals surface area (Å²) in [5.74, 6) is 0. The van der Waals surface area contributed by atoms with Crippen LogP contribution in [0.4, 0.5) is 4.79 Å². The third-order valence-corrected chi connectivity index (χ3v) is 7.64. The van der Waals surface area contributed by atoms with Crippen LogP contribution in [-0.2, 0) is 24.3 Å².